The number of unbranched alkanes of at least 4 members (excludes halogenated alkanes) is 1. The summed E-state index contributed by atoms with van der Waals surface area (Å²) in [6.45, 7) is 9.76. The van der Waals surface area contributed by atoms with E-state index in [1.807, 2.05) is 6.92 Å². The van der Waals surface area contributed by atoms with E-state index in [0.717, 1.165) is 16.3 Å². The molecule has 0 spiro atoms. The van der Waals surface area contributed by atoms with Crippen molar-refractivity contribution in [2.24, 2.45) is 0 Å². The van der Waals surface area contributed by atoms with Crippen LogP contribution in [-0.2, 0) is 16.7 Å². The maximum absolute atomic E-state index is 13.6. The minimum Gasteiger partial charge on any atom is -0.355 e. The number of nitro benzene ring substituents is 1. The predicted octanol–water partition coefficient (Wildman–Crippen LogP) is 5.48. The zero-order valence-corrected chi connectivity index (χ0v) is 20.9. The van der Waals surface area contributed by atoms with E-state index in [-0.39, 0.29) is 34.6 Å². The summed E-state index contributed by atoms with van der Waals surface area (Å²) >= 11 is 0. The second kappa shape index (κ2) is 10.2. The number of rotatable bonds is 9. The highest BCUT2D eigenvalue weighted by Gasteiger charge is 2.50. The van der Waals surface area contributed by atoms with Gasteiger partial charge in [-0.05, 0) is 58.2 Å². The number of benzene rings is 1. The molecule has 35 heavy (non-hydrogen) atoms. The third-order valence-corrected chi connectivity index (χ3v) is 6.46. The van der Waals surface area contributed by atoms with Crippen molar-refractivity contribution in [2.75, 3.05) is 0 Å². The molecular weight excluding hydrogens is 491 g/mol. The average Bonchev–Trinajstić information content (AvgIpc) is 3.04. The van der Waals surface area contributed by atoms with Crippen LogP contribution in [0.3, 0.4) is 0 Å². The minimum absolute atomic E-state index is 0.00863. The molecule has 0 N–H and O–H groups in total. The number of carbonyl (C=O) groups is 1. The highest BCUT2D eigenvalue weighted by atomic mass is 32.2. The van der Waals surface area contributed by atoms with Gasteiger partial charge in [0.1, 0.15) is 5.56 Å². The van der Waals surface area contributed by atoms with E-state index in [2.05, 4.69) is 9.28 Å². The van der Waals surface area contributed by atoms with Gasteiger partial charge in [-0.25, -0.2) is 4.68 Å². The molecule has 1 heterocycles. The number of carbonyl (C=O) groups excluding carboxylic acids is 1. The Balaban J connectivity index is 2.81. The first-order chi connectivity index (χ1) is 16.0. The van der Waals surface area contributed by atoms with Gasteiger partial charge in [0.15, 0.2) is 0 Å². The van der Waals surface area contributed by atoms with Gasteiger partial charge < -0.3 is 4.18 Å². The number of aryl methyl sites for hydroxylation is 2. The molecule has 13 heteroatoms. The standard InChI is InChI=1S/C22H26F3N3O6S/c1-7-8-11-27-21(34-35(32,33)22(23,24)25)19(15(6)26-27)20(29)16-9-10-17(28(30)31)18(14(16)5)13(4)12(2)3/h9-10H,7-8,11H2,1-6H3. The second-order valence-corrected chi connectivity index (χ2v) is 9.71. The van der Waals surface area contributed by atoms with Crippen molar-refractivity contribution in [3.05, 3.63) is 55.8 Å². The zero-order valence-electron chi connectivity index (χ0n) is 20.1. The third-order valence-electron chi connectivity index (χ3n) is 5.51. The number of hydrogen-bond donors (Lipinski definition) is 0. The Kier molecular flexibility index (Phi) is 8.15. The van der Waals surface area contributed by atoms with Crippen LogP contribution in [0.1, 0.15) is 73.3 Å². The van der Waals surface area contributed by atoms with E-state index in [0.29, 0.717) is 18.4 Å². The molecule has 2 rings (SSSR count). The number of nitrogens with zero attached hydrogens (tertiary/aromatic N) is 3. The number of halogens is 3. The molecule has 0 aliphatic heterocycles. The average molecular weight is 518 g/mol. The molecule has 0 fully saturated rings. The normalized spacial score (nSPS) is 11.9. The molecule has 0 aliphatic rings. The van der Waals surface area contributed by atoms with Crippen molar-refractivity contribution in [2.45, 2.75) is 66.4 Å². The largest absolute Gasteiger partial charge is 0.534 e. The molecule has 0 radical (unpaired) electrons. The summed E-state index contributed by atoms with van der Waals surface area (Å²) in [5, 5.41) is 15.6. The topological polar surface area (TPSA) is 121 Å². The lowest BCUT2D eigenvalue weighted by Crippen LogP contribution is -2.29. The summed E-state index contributed by atoms with van der Waals surface area (Å²) in [5.74, 6) is -1.72. The van der Waals surface area contributed by atoms with Crippen LogP contribution in [-0.4, -0.2) is 34.4 Å². The van der Waals surface area contributed by atoms with Crippen LogP contribution in [0.25, 0.3) is 5.57 Å². The molecule has 0 saturated heterocycles. The molecule has 2 aromatic rings. The number of allylic oxidation sites excluding steroid dienone is 2. The molecule has 0 atom stereocenters. The van der Waals surface area contributed by atoms with Gasteiger partial charge in [-0.15, -0.1) is 0 Å². The van der Waals surface area contributed by atoms with Crippen LogP contribution in [0.4, 0.5) is 18.9 Å². The summed E-state index contributed by atoms with van der Waals surface area (Å²) in [6, 6.07) is 2.31. The zero-order chi connectivity index (χ0) is 26.9. The summed E-state index contributed by atoms with van der Waals surface area (Å²) in [6.07, 6.45) is 1.04. The molecule has 0 unspecified atom stereocenters. The van der Waals surface area contributed by atoms with Crippen LogP contribution < -0.4 is 4.18 Å². The second-order valence-electron chi connectivity index (χ2n) is 8.17. The summed E-state index contributed by atoms with van der Waals surface area (Å²) in [5.41, 5.74) is -4.82. The van der Waals surface area contributed by atoms with E-state index < -0.39 is 37.8 Å². The number of alkyl halides is 3. The maximum atomic E-state index is 13.6. The Morgan fingerprint density at radius 1 is 1.17 bits per heavy atom. The van der Waals surface area contributed by atoms with Crippen molar-refractivity contribution in [1.82, 2.24) is 9.78 Å². The van der Waals surface area contributed by atoms with E-state index in [4.69, 9.17) is 0 Å². The Labute approximate surface area is 200 Å². The van der Waals surface area contributed by atoms with Gasteiger partial charge in [0.2, 0.25) is 11.7 Å². The van der Waals surface area contributed by atoms with Gasteiger partial charge in [-0.2, -0.15) is 26.7 Å². The number of nitro groups is 1. The van der Waals surface area contributed by atoms with Crippen LogP contribution in [0, 0.1) is 24.0 Å². The smallest absolute Gasteiger partial charge is 0.355 e. The Bertz CT molecular complexity index is 1310. The lowest BCUT2D eigenvalue weighted by Gasteiger charge is -2.15. The Morgan fingerprint density at radius 2 is 1.77 bits per heavy atom. The minimum atomic E-state index is -6.09. The molecule has 1 aromatic heterocycles. The molecule has 0 saturated carbocycles. The van der Waals surface area contributed by atoms with Crippen molar-refractivity contribution in [3.8, 4) is 5.88 Å². The fraction of sp³-hybridized carbons (Fsp3) is 0.455. The fourth-order valence-electron chi connectivity index (χ4n) is 3.47. The van der Waals surface area contributed by atoms with Crippen LogP contribution >= 0.6 is 0 Å². The Hall–Kier alpha value is -3.22. The highest BCUT2D eigenvalue weighted by Crippen LogP contribution is 2.36. The summed E-state index contributed by atoms with van der Waals surface area (Å²) in [7, 11) is -6.09. The van der Waals surface area contributed by atoms with E-state index >= 15 is 0 Å². The van der Waals surface area contributed by atoms with Crippen LogP contribution in [0.2, 0.25) is 0 Å². The quantitative estimate of drug-likeness (QED) is 0.142. The van der Waals surface area contributed by atoms with Crippen molar-refractivity contribution >= 4 is 27.2 Å². The first kappa shape index (κ1) is 28.0. The molecule has 0 bridgehead atoms. The first-order valence-electron chi connectivity index (χ1n) is 10.6. The molecule has 192 valence electrons. The van der Waals surface area contributed by atoms with Crippen molar-refractivity contribution in [3.63, 3.8) is 0 Å². The maximum Gasteiger partial charge on any atom is 0.534 e. The van der Waals surface area contributed by atoms with E-state index in [1.54, 1.807) is 20.8 Å². The molecule has 0 aliphatic carbocycles. The molecular formula is C22H26F3N3O6S. The lowest BCUT2D eigenvalue weighted by atomic mass is 9.90. The Morgan fingerprint density at radius 3 is 2.26 bits per heavy atom. The van der Waals surface area contributed by atoms with Crippen LogP contribution in [0.15, 0.2) is 17.7 Å². The van der Waals surface area contributed by atoms with E-state index in [1.165, 1.54) is 19.9 Å². The summed E-state index contributed by atoms with van der Waals surface area (Å²) < 4.78 is 68.1. The van der Waals surface area contributed by atoms with Crippen molar-refractivity contribution in [1.29, 1.82) is 0 Å². The number of ketones is 1. The van der Waals surface area contributed by atoms with Crippen LogP contribution in [0.5, 0.6) is 5.88 Å². The van der Waals surface area contributed by atoms with Gasteiger partial charge in [0.25, 0.3) is 5.69 Å². The van der Waals surface area contributed by atoms with Crippen molar-refractivity contribution < 1.29 is 35.5 Å². The van der Waals surface area contributed by atoms with Gasteiger partial charge in [0, 0.05) is 18.2 Å². The first-order valence-corrected chi connectivity index (χ1v) is 12.0. The summed E-state index contributed by atoms with van der Waals surface area (Å²) in [4.78, 5) is 24.6. The lowest BCUT2D eigenvalue weighted by molar-refractivity contribution is -0.385. The molecule has 1 aromatic carbocycles. The number of hydrogen-bond acceptors (Lipinski definition) is 7. The van der Waals surface area contributed by atoms with Gasteiger partial charge in [-0.1, -0.05) is 18.9 Å². The predicted molar refractivity (Wildman–Crippen MR) is 123 cm³/mol. The fourth-order valence-corrected chi connectivity index (χ4v) is 3.94. The SMILES string of the molecule is CCCCn1nc(C)c(C(=O)c2ccc([N+](=O)[O-])c(C(C)=C(C)C)c2C)c1OS(=O)(=O)C(F)(F)F. The monoisotopic (exact) mass is 517 g/mol. The van der Waals surface area contributed by atoms with Gasteiger partial charge >= 0.3 is 15.6 Å². The van der Waals surface area contributed by atoms with Gasteiger partial charge in [0.05, 0.1) is 16.2 Å². The third kappa shape index (κ3) is 5.55. The number of aromatic nitrogens is 2. The highest BCUT2D eigenvalue weighted by molar-refractivity contribution is 7.88. The van der Waals surface area contributed by atoms with Gasteiger partial charge in [-0.3, -0.25) is 14.9 Å². The van der Waals surface area contributed by atoms with E-state index in [9.17, 15) is 36.5 Å². The molecule has 0 amide bonds. The molecule has 9 nitrogen and oxygen atoms in total.